The largest absolute Gasteiger partial charge is 0.477 e. The van der Waals surface area contributed by atoms with Crippen LogP contribution in [0.2, 0.25) is 0 Å². The van der Waals surface area contributed by atoms with Gasteiger partial charge < -0.3 is 10.1 Å². The molecule has 4 nitrogen and oxygen atoms in total. The highest BCUT2D eigenvalue weighted by Crippen LogP contribution is 2.31. The normalized spacial score (nSPS) is 13.3. The maximum atomic E-state index is 11.3. The molecule has 0 aromatic carbocycles. The number of nitrogens with zero attached hydrogens (tertiary/aromatic N) is 2. The lowest BCUT2D eigenvalue weighted by molar-refractivity contribution is 0.0701. The molecule has 0 amide bonds. The van der Waals surface area contributed by atoms with Gasteiger partial charge >= 0.3 is 5.97 Å². The standard InChI is InChI=1S/C15H24N2O2S/c1-6-10(2)13-9-12(14(20-13)15(18)19)8-7-11(3)16-17(4)5/h9-10H,6-8H2,1-5H3,(H,18,19). The molecular formula is C15H24N2O2S. The summed E-state index contributed by atoms with van der Waals surface area (Å²) in [6.07, 6.45) is 2.55. The second-order valence-corrected chi connectivity index (χ2v) is 6.38. The van der Waals surface area contributed by atoms with E-state index in [4.69, 9.17) is 0 Å². The number of aromatic carboxylic acids is 1. The molecule has 0 saturated carbocycles. The number of rotatable bonds is 7. The van der Waals surface area contributed by atoms with Crippen molar-refractivity contribution in [2.45, 2.75) is 46.0 Å². The monoisotopic (exact) mass is 296 g/mol. The Morgan fingerprint density at radius 1 is 1.50 bits per heavy atom. The first-order chi connectivity index (χ1) is 9.35. The van der Waals surface area contributed by atoms with Crippen LogP contribution in [0.3, 0.4) is 0 Å². The molecule has 5 heteroatoms. The van der Waals surface area contributed by atoms with Gasteiger partial charge in [0.25, 0.3) is 0 Å². The van der Waals surface area contributed by atoms with Gasteiger partial charge in [0.05, 0.1) is 0 Å². The molecule has 1 atom stereocenters. The molecule has 0 aliphatic carbocycles. The van der Waals surface area contributed by atoms with E-state index in [1.54, 1.807) is 5.01 Å². The van der Waals surface area contributed by atoms with Crippen molar-refractivity contribution in [3.63, 3.8) is 0 Å². The second kappa shape index (κ2) is 7.43. The maximum Gasteiger partial charge on any atom is 0.346 e. The summed E-state index contributed by atoms with van der Waals surface area (Å²) in [4.78, 5) is 13.0. The molecule has 0 aliphatic heterocycles. The molecule has 0 radical (unpaired) electrons. The summed E-state index contributed by atoms with van der Waals surface area (Å²) >= 11 is 1.42. The number of thiophene rings is 1. The lowest BCUT2D eigenvalue weighted by Gasteiger charge is -2.07. The average Bonchev–Trinajstić information content (AvgIpc) is 2.79. The number of hydrazone groups is 1. The van der Waals surface area contributed by atoms with Crippen LogP contribution < -0.4 is 0 Å². The van der Waals surface area contributed by atoms with E-state index in [-0.39, 0.29) is 0 Å². The van der Waals surface area contributed by atoms with Gasteiger partial charge in [-0.05, 0) is 43.7 Å². The Kier molecular flexibility index (Phi) is 6.20. The maximum absolute atomic E-state index is 11.3. The average molecular weight is 296 g/mol. The van der Waals surface area contributed by atoms with Crippen LogP contribution in [0.15, 0.2) is 11.2 Å². The summed E-state index contributed by atoms with van der Waals surface area (Å²) in [7, 11) is 3.77. The van der Waals surface area contributed by atoms with Gasteiger partial charge in [0, 0.05) is 24.7 Å². The zero-order chi connectivity index (χ0) is 15.3. The lowest BCUT2D eigenvalue weighted by atomic mass is 10.0. The minimum Gasteiger partial charge on any atom is -0.477 e. The topological polar surface area (TPSA) is 52.9 Å². The van der Waals surface area contributed by atoms with Crippen LogP contribution in [0.5, 0.6) is 0 Å². The third-order valence-electron chi connectivity index (χ3n) is 3.25. The molecule has 0 aliphatic rings. The fourth-order valence-corrected chi connectivity index (χ4v) is 3.15. The quantitative estimate of drug-likeness (QED) is 0.614. The van der Waals surface area contributed by atoms with Crippen molar-refractivity contribution in [1.82, 2.24) is 5.01 Å². The van der Waals surface area contributed by atoms with Gasteiger partial charge in [-0.15, -0.1) is 11.3 Å². The molecule has 1 aromatic rings. The van der Waals surface area contributed by atoms with Crippen LogP contribution in [0, 0.1) is 0 Å². The Labute approximate surface area is 125 Å². The Morgan fingerprint density at radius 3 is 2.65 bits per heavy atom. The molecule has 1 heterocycles. The number of carboxylic acid groups (broad SMARTS) is 1. The Balaban J connectivity index is 2.88. The number of aryl methyl sites for hydroxylation is 1. The fraction of sp³-hybridized carbons (Fsp3) is 0.600. The van der Waals surface area contributed by atoms with Crippen molar-refractivity contribution in [3.8, 4) is 0 Å². The van der Waals surface area contributed by atoms with E-state index in [0.717, 1.165) is 30.5 Å². The zero-order valence-electron chi connectivity index (χ0n) is 12.9. The van der Waals surface area contributed by atoms with Gasteiger partial charge in [-0.25, -0.2) is 4.79 Å². The summed E-state index contributed by atoms with van der Waals surface area (Å²) < 4.78 is 0. The van der Waals surface area contributed by atoms with E-state index in [9.17, 15) is 9.90 Å². The first kappa shape index (κ1) is 16.7. The van der Waals surface area contributed by atoms with Crippen LogP contribution >= 0.6 is 11.3 Å². The van der Waals surface area contributed by atoms with Crippen LogP contribution in [0.25, 0.3) is 0 Å². The summed E-state index contributed by atoms with van der Waals surface area (Å²) in [5.74, 6) is -0.398. The van der Waals surface area contributed by atoms with Crippen molar-refractivity contribution >= 4 is 23.0 Å². The van der Waals surface area contributed by atoms with Gasteiger partial charge in [-0.2, -0.15) is 5.10 Å². The predicted octanol–water partition coefficient (Wildman–Crippen LogP) is 3.83. The second-order valence-electron chi connectivity index (χ2n) is 5.30. The lowest BCUT2D eigenvalue weighted by Crippen LogP contribution is -2.07. The molecule has 1 unspecified atom stereocenters. The fourth-order valence-electron chi connectivity index (χ4n) is 1.97. The first-order valence-electron chi connectivity index (χ1n) is 6.92. The molecule has 0 spiro atoms. The summed E-state index contributed by atoms with van der Waals surface area (Å²) in [5, 5.41) is 15.4. The minimum absolute atomic E-state index is 0.420. The van der Waals surface area contributed by atoms with Crippen LogP contribution in [0.1, 0.15) is 59.6 Å². The predicted molar refractivity (Wildman–Crippen MR) is 85.1 cm³/mol. The number of hydrogen-bond donors (Lipinski definition) is 1. The van der Waals surface area contributed by atoms with Crippen LogP contribution in [-0.2, 0) is 6.42 Å². The highest BCUT2D eigenvalue weighted by Gasteiger charge is 2.17. The molecule has 1 rings (SSSR count). The van der Waals surface area contributed by atoms with Gasteiger partial charge in [0.15, 0.2) is 0 Å². The molecule has 112 valence electrons. The zero-order valence-corrected chi connectivity index (χ0v) is 13.8. The van der Waals surface area contributed by atoms with Crippen LogP contribution in [0.4, 0.5) is 0 Å². The SMILES string of the molecule is CCC(C)c1cc(CCC(C)=NN(C)C)c(C(=O)O)s1. The number of carboxylic acids is 1. The van der Waals surface area contributed by atoms with E-state index in [1.807, 2.05) is 21.0 Å². The van der Waals surface area contributed by atoms with Crippen molar-refractivity contribution < 1.29 is 9.90 Å². The number of carbonyl (C=O) groups is 1. The molecule has 1 N–H and O–H groups in total. The van der Waals surface area contributed by atoms with Crippen molar-refractivity contribution in [3.05, 3.63) is 21.4 Å². The molecule has 0 saturated heterocycles. The Bertz CT molecular complexity index is 492. The summed E-state index contributed by atoms with van der Waals surface area (Å²) in [6, 6.07) is 2.06. The van der Waals surface area contributed by atoms with E-state index in [2.05, 4.69) is 25.0 Å². The van der Waals surface area contributed by atoms with E-state index in [1.165, 1.54) is 16.2 Å². The van der Waals surface area contributed by atoms with Crippen molar-refractivity contribution in [1.29, 1.82) is 0 Å². The third kappa shape index (κ3) is 4.63. The highest BCUT2D eigenvalue weighted by atomic mass is 32.1. The first-order valence-corrected chi connectivity index (χ1v) is 7.74. The highest BCUT2D eigenvalue weighted by molar-refractivity contribution is 7.14. The van der Waals surface area contributed by atoms with E-state index < -0.39 is 5.97 Å². The summed E-state index contributed by atoms with van der Waals surface area (Å²) in [6.45, 7) is 6.24. The molecule has 1 aromatic heterocycles. The van der Waals surface area contributed by atoms with Crippen molar-refractivity contribution in [2.24, 2.45) is 5.10 Å². The van der Waals surface area contributed by atoms with Gasteiger partial charge in [-0.3, -0.25) is 0 Å². The minimum atomic E-state index is -0.818. The van der Waals surface area contributed by atoms with E-state index >= 15 is 0 Å². The van der Waals surface area contributed by atoms with Crippen molar-refractivity contribution in [2.75, 3.05) is 14.1 Å². The van der Waals surface area contributed by atoms with Gasteiger partial charge in [-0.1, -0.05) is 13.8 Å². The van der Waals surface area contributed by atoms with Gasteiger partial charge in [0.1, 0.15) is 4.88 Å². The third-order valence-corrected chi connectivity index (χ3v) is 4.64. The Morgan fingerprint density at radius 2 is 2.15 bits per heavy atom. The molecule has 0 bridgehead atoms. The summed E-state index contributed by atoms with van der Waals surface area (Å²) in [5.41, 5.74) is 1.95. The molecule has 0 fully saturated rings. The smallest absolute Gasteiger partial charge is 0.346 e. The van der Waals surface area contributed by atoms with E-state index in [0.29, 0.717) is 10.8 Å². The number of hydrogen-bond acceptors (Lipinski definition) is 4. The Hall–Kier alpha value is -1.36. The van der Waals surface area contributed by atoms with Gasteiger partial charge in [0.2, 0.25) is 0 Å². The van der Waals surface area contributed by atoms with Crippen LogP contribution in [-0.4, -0.2) is 35.9 Å². The molecule has 20 heavy (non-hydrogen) atoms. The molecular weight excluding hydrogens is 272 g/mol.